The van der Waals surface area contributed by atoms with Crippen molar-refractivity contribution < 1.29 is 9.53 Å². The molecule has 0 saturated carbocycles. The Bertz CT molecular complexity index is 998. The summed E-state index contributed by atoms with van der Waals surface area (Å²) < 4.78 is 5.39. The minimum Gasteiger partial charge on any atom is -0.496 e. The summed E-state index contributed by atoms with van der Waals surface area (Å²) in [5, 5.41) is 6.39. The molecule has 0 aliphatic carbocycles. The predicted molar refractivity (Wildman–Crippen MR) is 110 cm³/mol. The maximum atomic E-state index is 12.5. The van der Waals surface area contributed by atoms with Crippen LogP contribution in [-0.2, 0) is 0 Å². The van der Waals surface area contributed by atoms with E-state index in [1.807, 2.05) is 26.8 Å². The number of hydrogen-bond acceptors (Lipinski definition) is 6. The van der Waals surface area contributed by atoms with E-state index in [2.05, 4.69) is 26.7 Å². The highest BCUT2D eigenvalue weighted by Gasteiger charge is 2.16. The summed E-state index contributed by atoms with van der Waals surface area (Å²) in [4.78, 5) is 22.4. The Balaban J connectivity index is 1.89. The van der Waals surface area contributed by atoms with Crippen molar-refractivity contribution in [2.75, 3.05) is 24.8 Å². The van der Waals surface area contributed by atoms with Crippen LogP contribution in [0.5, 0.6) is 5.75 Å². The Morgan fingerprint density at radius 3 is 2.63 bits per heavy atom. The zero-order chi connectivity index (χ0) is 19.6. The van der Waals surface area contributed by atoms with Crippen LogP contribution in [0.4, 0.5) is 10.9 Å². The molecule has 3 rings (SSSR count). The van der Waals surface area contributed by atoms with E-state index in [1.165, 1.54) is 11.3 Å². The summed E-state index contributed by atoms with van der Waals surface area (Å²) in [5.41, 5.74) is 4.58. The number of benzene rings is 1. The number of carbonyl (C=O) groups is 1. The fourth-order valence-corrected chi connectivity index (χ4v) is 3.67. The van der Waals surface area contributed by atoms with Crippen molar-refractivity contribution >= 4 is 28.2 Å². The van der Waals surface area contributed by atoms with Crippen LogP contribution in [0.1, 0.15) is 26.4 Å². The first-order chi connectivity index (χ1) is 12.9. The van der Waals surface area contributed by atoms with Gasteiger partial charge in [-0.25, -0.2) is 9.97 Å². The maximum Gasteiger partial charge on any atom is 0.257 e. The van der Waals surface area contributed by atoms with Gasteiger partial charge in [-0.1, -0.05) is 0 Å². The van der Waals surface area contributed by atoms with E-state index in [-0.39, 0.29) is 5.91 Å². The smallest absolute Gasteiger partial charge is 0.257 e. The van der Waals surface area contributed by atoms with Crippen molar-refractivity contribution in [3.63, 3.8) is 0 Å². The van der Waals surface area contributed by atoms with Crippen molar-refractivity contribution in [3.05, 3.63) is 52.0 Å². The van der Waals surface area contributed by atoms with Crippen LogP contribution >= 0.6 is 11.3 Å². The Hall–Kier alpha value is -2.93. The van der Waals surface area contributed by atoms with Crippen molar-refractivity contribution in [2.45, 2.75) is 20.8 Å². The van der Waals surface area contributed by atoms with Crippen molar-refractivity contribution in [1.82, 2.24) is 9.97 Å². The van der Waals surface area contributed by atoms with E-state index in [9.17, 15) is 4.79 Å². The summed E-state index contributed by atoms with van der Waals surface area (Å²) in [7, 11) is 3.43. The molecule has 0 spiro atoms. The highest BCUT2D eigenvalue weighted by atomic mass is 32.1. The number of anilines is 2. The molecule has 0 atom stereocenters. The second-order valence-corrected chi connectivity index (χ2v) is 7.40. The number of amides is 1. The summed E-state index contributed by atoms with van der Waals surface area (Å²) in [6.45, 7) is 6.05. The first-order valence-electron chi connectivity index (χ1n) is 8.51. The van der Waals surface area contributed by atoms with Gasteiger partial charge in [0.05, 0.1) is 12.8 Å². The fraction of sp³-hybridized carbons (Fsp3) is 0.250. The van der Waals surface area contributed by atoms with Crippen LogP contribution in [0.3, 0.4) is 0 Å². The molecule has 1 aromatic carbocycles. The van der Waals surface area contributed by atoms with Crippen LogP contribution in [0.2, 0.25) is 0 Å². The number of nitrogens with zero attached hydrogens (tertiary/aromatic N) is 2. The number of thiazole rings is 1. The molecule has 3 aromatic rings. The van der Waals surface area contributed by atoms with Crippen LogP contribution in [0.15, 0.2) is 30.5 Å². The minimum atomic E-state index is -0.211. The quantitative estimate of drug-likeness (QED) is 0.682. The lowest BCUT2D eigenvalue weighted by Gasteiger charge is -2.10. The van der Waals surface area contributed by atoms with Gasteiger partial charge < -0.3 is 10.1 Å². The Morgan fingerprint density at radius 1 is 1.15 bits per heavy atom. The van der Waals surface area contributed by atoms with Crippen LogP contribution in [0.25, 0.3) is 11.3 Å². The van der Waals surface area contributed by atoms with Gasteiger partial charge in [-0.3, -0.25) is 10.1 Å². The summed E-state index contributed by atoms with van der Waals surface area (Å²) in [6, 6.07) is 7.46. The Labute approximate surface area is 162 Å². The van der Waals surface area contributed by atoms with Crippen molar-refractivity contribution in [3.8, 4) is 17.0 Å². The predicted octanol–water partition coefficient (Wildman–Crippen LogP) is 4.43. The SMILES string of the molecule is CNc1cc(C(=O)Nc2nc(-c3cc(C)c(OC)cc3C)c(C)s2)ccn1. The van der Waals surface area contributed by atoms with Gasteiger partial charge in [0, 0.05) is 29.2 Å². The molecule has 2 N–H and O–H groups in total. The molecule has 0 aliphatic heterocycles. The number of hydrogen-bond donors (Lipinski definition) is 2. The van der Waals surface area contributed by atoms with Gasteiger partial charge in [-0.2, -0.15) is 0 Å². The van der Waals surface area contributed by atoms with Crippen LogP contribution in [0, 0.1) is 20.8 Å². The van der Waals surface area contributed by atoms with E-state index >= 15 is 0 Å². The van der Waals surface area contributed by atoms with Gasteiger partial charge in [-0.05, 0) is 56.2 Å². The summed E-state index contributed by atoms with van der Waals surface area (Å²) >= 11 is 1.46. The number of rotatable bonds is 5. The molecule has 140 valence electrons. The van der Waals surface area contributed by atoms with E-state index in [0.717, 1.165) is 33.0 Å². The highest BCUT2D eigenvalue weighted by Crippen LogP contribution is 2.35. The Kier molecular flexibility index (Phi) is 5.41. The maximum absolute atomic E-state index is 12.5. The molecule has 0 unspecified atom stereocenters. The van der Waals surface area contributed by atoms with Gasteiger partial charge >= 0.3 is 0 Å². The lowest BCUT2D eigenvalue weighted by Crippen LogP contribution is -2.12. The first-order valence-corrected chi connectivity index (χ1v) is 9.32. The molecule has 6 nitrogen and oxygen atoms in total. The minimum absolute atomic E-state index is 0.211. The van der Waals surface area contributed by atoms with E-state index in [0.29, 0.717) is 16.5 Å². The van der Waals surface area contributed by atoms with E-state index in [4.69, 9.17) is 4.74 Å². The number of pyridine rings is 1. The molecular weight excluding hydrogens is 360 g/mol. The molecule has 0 radical (unpaired) electrons. The molecule has 0 aliphatic rings. The summed E-state index contributed by atoms with van der Waals surface area (Å²) in [6.07, 6.45) is 1.60. The fourth-order valence-electron chi connectivity index (χ4n) is 2.84. The van der Waals surface area contributed by atoms with E-state index < -0.39 is 0 Å². The molecular formula is C20H22N4O2S. The zero-order valence-corrected chi connectivity index (χ0v) is 16.8. The number of nitrogens with one attached hydrogen (secondary N) is 2. The van der Waals surface area contributed by atoms with E-state index in [1.54, 1.807) is 32.5 Å². The van der Waals surface area contributed by atoms with Gasteiger partial charge in [0.2, 0.25) is 0 Å². The van der Waals surface area contributed by atoms with Gasteiger partial charge in [0.1, 0.15) is 11.6 Å². The molecule has 0 saturated heterocycles. The molecule has 0 fully saturated rings. The van der Waals surface area contributed by atoms with Crippen LogP contribution in [-0.4, -0.2) is 30.0 Å². The monoisotopic (exact) mass is 382 g/mol. The average Bonchev–Trinajstić information content (AvgIpc) is 3.03. The number of aryl methyl sites for hydroxylation is 3. The van der Waals surface area contributed by atoms with Gasteiger partial charge in [0.15, 0.2) is 5.13 Å². The second kappa shape index (κ2) is 7.75. The third-order valence-electron chi connectivity index (χ3n) is 4.29. The topological polar surface area (TPSA) is 76.1 Å². The molecule has 0 bridgehead atoms. The third-order valence-corrected chi connectivity index (χ3v) is 5.18. The molecule has 2 heterocycles. The second-order valence-electron chi connectivity index (χ2n) is 6.19. The number of methoxy groups -OCH3 is 1. The highest BCUT2D eigenvalue weighted by molar-refractivity contribution is 7.16. The largest absolute Gasteiger partial charge is 0.496 e. The standard InChI is InChI=1S/C20H22N4O2S/c1-11-9-16(26-5)12(2)8-15(11)18-13(3)27-20(23-18)24-19(25)14-6-7-22-17(10-14)21-4/h6-10H,1-5H3,(H,21,22)(H,23,24,25). The normalized spacial score (nSPS) is 10.6. The molecule has 1 amide bonds. The number of aromatic nitrogens is 2. The van der Waals surface area contributed by atoms with Gasteiger partial charge in [-0.15, -0.1) is 11.3 Å². The average molecular weight is 382 g/mol. The third kappa shape index (κ3) is 3.93. The van der Waals surface area contributed by atoms with Crippen LogP contribution < -0.4 is 15.4 Å². The molecule has 27 heavy (non-hydrogen) atoms. The number of ether oxygens (including phenoxy) is 1. The summed E-state index contributed by atoms with van der Waals surface area (Å²) in [5.74, 6) is 1.29. The molecule has 2 aromatic heterocycles. The number of carbonyl (C=O) groups excluding carboxylic acids is 1. The lowest BCUT2D eigenvalue weighted by atomic mass is 10.0. The van der Waals surface area contributed by atoms with Gasteiger partial charge in [0.25, 0.3) is 5.91 Å². The lowest BCUT2D eigenvalue weighted by molar-refractivity contribution is 0.102. The Morgan fingerprint density at radius 2 is 1.93 bits per heavy atom. The van der Waals surface area contributed by atoms with Crippen molar-refractivity contribution in [2.24, 2.45) is 0 Å². The molecule has 7 heteroatoms. The first kappa shape index (κ1) is 18.8. The van der Waals surface area contributed by atoms with Crippen molar-refractivity contribution in [1.29, 1.82) is 0 Å². The zero-order valence-electron chi connectivity index (χ0n) is 16.0.